The Morgan fingerprint density at radius 1 is 1.28 bits per heavy atom. The van der Waals surface area contributed by atoms with Gasteiger partial charge in [-0.05, 0) is 30.0 Å². The molecule has 25 heavy (non-hydrogen) atoms. The van der Waals surface area contributed by atoms with Crippen molar-refractivity contribution in [2.24, 2.45) is 0 Å². The summed E-state index contributed by atoms with van der Waals surface area (Å²) in [6.07, 6.45) is 0.724. The molecule has 2 N–H and O–H groups in total. The number of methoxy groups -OCH3 is 1. The zero-order chi connectivity index (χ0) is 18.2. The number of carbonyl (C=O) groups is 2. The molecule has 0 fully saturated rings. The highest BCUT2D eigenvalue weighted by molar-refractivity contribution is 7.09. The van der Waals surface area contributed by atoms with Gasteiger partial charge in [-0.15, -0.1) is 11.3 Å². The second-order valence-corrected chi connectivity index (χ2v) is 6.04. The molecule has 0 saturated heterocycles. The quantitative estimate of drug-likeness (QED) is 0.548. The van der Waals surface area contributed by atoms with E-state index in [4.69, 9.17) is 4.74 Å². The van der Waals surface area contributed by atoms with E-state index in [1.807, 2.05) is 17.5 Å². The fourth-order valence-corrected chi connectivity index (χ4v) is 2.79. The fourth-order valence-electron chi connectivity index (χ4n) is 2.08. The van der Waals surface area contributed by atoms with Crippen LogP contribution >= 0.6 is 11.3 Å². The minimum absolute atomic E-state index is 0.0628. The first-order valence-electron chi connectivity index (χ1n) is 7.41. The topological polar surface area (TPSA) is 111 Å². The highest BCUT2D eigenvalue weighted by Crippen LogP contribution is 2.27. The number of amides is 2. The summed E-state index contributed by atoms with van der Waals surface area (Å²) in [5.74, 6) is -0.833. The normalized spacial score (nSPS) is 10.1. The number of ether oxygens (including phenoxy) is 1. The van der Waals surface area contributed by atoms with E-state index in [0.717, 1.165) is 17.4 Å². The van der Waals surface area contributed by atoms with Gasteiger partial charge in [0, 0.05) is 23.1 Å². The fraction of sp³-hybridized carbons (Fsp3) is 0.250. The van der Waals surface area contributed by atoms with Gasteiger partial charge in [0.05, 0.1) is 18.6 Å². The molecule has 0 radical (unpaired) electrons. The van der Waals surface area contributed by atoms with Gasteiger partial charge in [-0.25, -0.2) is 0 Å². The van der Waals surface area contributed by atoms with Crippen LogP contribution in [0.15, 0.2) is 35.7 Å². The van der Waals surface area contributed by atoms with Gasteiger partial charge < -0.3 is 15.4 Å². The van der Waals surface area contributed by atoms with Crippen LogP contribution in [0, 0.1) is 10.1 Å². The predicted octanol–water partition coefficient (Wildman–Crippen LogP) is 1.75. The number of benzene rings is 1. The lowest BCUT2D eigenvalue weighted by atomic mass is 10.1. The van der Waals surface area contributed by atoms with E-state index >= 15 is 0 Å². The molecule has 0 aliphatic heterocycles. The molecule has 1 aromatic heterocycles. The highest BCUT2D eigenvalue weighted by atomic mass is 32.1. The molecule has 2 rings (SSSR count). The minimum Gasteiger partial charge on any atom is -0.490 e. The minimum atomic E-state index is -0.632. The monoisotopic (exact) mass is 363 g/mol. The Bertz CT molecular complexity index is 761. The second-order valence-electron chi connectivity index (χ2n) is 5.01. The van der Waals surface area contributed by atoms with Crippen LogP contribution in [0.2, 0.25) is 0 Å². The number of hydrogen-bond donors (Lipinski definition) is 2. The molecule has 0 atom stereocenters. The van der Waals surface area contributed by atoms with Crippen molar-refractivity contribution < 1.29 is 19.2 Å². The average Bonchev–Trinajstić information content (AvgIpc) is 3.12. The molecular weight excluding hydrogens is 346 g/mol. The molecule has 0 aliphatic carbocycles. The van der Waals surface area contributed by atoms with Gasteiger partial charge in [0.2, 0.25) is 5.91 Å². The predicted molar refractivity (Wildman–Crippen MR) is 93.0 cm³/mol. The molecule has 2 aromatic rings. The SMILES string of the molecule is COc1ccc(C(=O)NCC(=O)NCCc2cccs2)cc1[N+](=O)[O-]. The van der Waals surface area contributed by atoms with Crippen LogP contribution in [0.4, 0.5) is 5.69 Å². The summed E-state index contributed by atoms with van der Waals surface area (Å²) in [7, 11) is 1.31. The van der Waals surface area contributed by atoms with E-state index in [-0.39, 0.29) is 29.5 Å². The third-order valence-electron chi connectivity index (χ3n) is 3.32. The number of nitrogens with zero attached hydrogens (tertiary/aromatic N) is 1. The first-order valence-corrected chi connectivity index (χ1v) is 8.29. The molecule has 8 nitrogen and oxygen atoms in total. The lowest BCUT2D eigenvalue weighted by Crippen LogP contribution is -2.37. The van der Waals surface area contributed by atoms with Crippen LogP contribution in [0.1, 0.15) is 15.2 Å². The van der Waals surface area contributed by atoms with Crippen LogP contribution in [0.5, 0.6) is 5.75 Å². The van der Waals surface area contributed by atoms with Crippen LogP contribution in [-0.4, -0.2) is 36.9 Å². The summed E-state index contributed by atoms with van der Waals surface area (Å²) in [4.78, 5) is 35.3. The smallest absolute Gasteiger partial charge is 0.311 e. The van der Waals surface area contributed by atoms with Gasteiger partial charge in [0.15, 0.2) is 5.75 Å². The van der Waals surface area contributed by atoms with E-state index in [1.54, 1.807) is 11.3 Å². The number of nitro groups is 1. The van der Waals surface area contributed by atoms with Crippen molar-refractivity contribution in [1.29, 1.82) is 0 Å². The van der Waals surface area contributed by atoms with E-state index in [0.29, 0.717) is 6.54 Å². The third-order valence-corrected chi connectivity index (χ3v) is 4.26. The van der Waals surface area contributed by atoms with Gasteiger partial charge in [-0.1, -0.05) is 6.07 Å². The Kier molecular flexibility index (Phi) is 6.47. The van der Waals surface area contributed by atoms with Crippen molar-refractivity contribution in [3.63, 3.8) is 0 Å². The van der Waals surface area contributed by atoms with Crippen LogP contribution < -0.4 is 15.4 Å². The van der Waals surface area contributed by atoms with Crippen molar-refractivity contribution in [3.8, 4) is 5.75 Å². The maximum Gasteiger partial charge on any atom is 0.311 e. The van der Waals surface area contributed by atoms with Crippen LogP contribution in [0.3, 0.4) is 0 Å². The van der Waals surface area contributed by atoms with Gasteiger partial charge in [0.25, 0.3) is 5.91 Å². The maximum absolute atomic E-state index is 12.0. The van der Waals surface area contributed by atoms with Crippen molar-refractivity contribution in [3.05, 3.63) is 56.3 Å². The number of thiophene rings is 1. The molecular formula is C16H17N3O5S. The lowest BCUT2D eigenvalue weighted by molar-refractivity contribution is -0.385. The molecule has 0 spiro atoms. The summed E-state index contributed by atoms with van der Waals surface area (Å²) >= 11 is 1.61. The zero-order valence-corrected chi connectivity index (χ0v) is 14.3. The van der Waals surface area contributed by atoms with Crippen LogP contribution in [0.25, 0.3) is 0 Å². The van der Waals surface area contributed by atoms with Crippen molar-refractivity contribution in [2.75, 3.05) is 20.2 Å². The van der Waals surface area contributed by atoms with E-state index in [1.165, 1.54) is 19.2 Å². The molecule has 2 amide bonds. The van der Waals surface area contributed by atoms with Gasteiger partial charge >= 0.3 is 5.69 Å². The van der Waals surface area contributed by atoms with E-state index < -0.39 is 10.8 Å². The number of carbonyl (C=O) groups excluding carboxylic acids is 2. The number of hydrogen-bond acceptors (Lipinski definition) is 6. The van der Waals surface area contributed by atoms with Crippen molar-refractivity contribution in [2.45, 2.75) is 6.42 Å². The van der Waals surface area contributed by atoms with Gasteiger partial charge in [-0.2, -0.15) is 0 Å². The maximum atomic E-state index is 12.0. The average molecular weight is 363 g/mol. The lowest BCUT2D eigenvalue weighted by Gasteiger charge is -2.07. The summed E-state index contributed by atoms with van der Waals surface area (Å²) in [5, 5.41) is 18.1. The Morgan fingerprint density at radius 3 is 2.72 bits per heavy atom. The van der Waals surface area contributed by atoms with Crippen LogP contribution in [-0.2, 0) is 11.2 Å². The van der Waals surface area contributed by atoms with Crippen molar-refractivity contribution >= 4 is 28.8 Å². The van der Waals surface area contributed by atoms with Gasteiger partial charge in [-0.3, -0.25) is 19.7 Å². The number of nitro benzene ring substituents is 1. The summed E-state index contributed by atoms with van der Waals surface area (Å²) in [6.45, 7) is 0.270. The Balaban J connectivity index is 1.84. The zero-order valence-electron chi connectivity index (χ0n) is 13.5. The van der Waals surface area contributed by atoms with Crippen molar-refractivity contribution in [1.82, 2.24) is 10.6 Å². The summed E-state index contributed by atoms with van der Waals surface area (Å²) in [5.41, 5.74) is -0.227. The third kappa shape index (κ3) is 5.28. The molecule has 1 heterocycles. The Labute approximate surface area is 148 Å². The van der Waals surface area contributed by atoms with Gasteiger partial charge in [0.1, 0.15) is 0 Å². The summed E-state index contributed by atoms with van der Waals surface area (Å²) < 4.78 is 4.88. The second kappa shape index (κ2) is 8.78. The number of nitrogens with one attached hydrogen (secondary N) is 2. The first kappa shape index (κ1) is 18.4. The molecule has 9 heteroatoms. The summed E-state index contributed by atoms with van der Waals surface area (Å²) in [6, 6.07) is 7.78. The largest absolute Gasteiger partial charge is 0.490 e. The molecule has 0 unspecified atom stereocenters. The molecule has 0 saturated carbocycles. The van der Waals surface area contributed by atoms with E-state index in [2.05, 4.69) is 10.6 Å². The molecule has 132 valence electrons. The molecule has 0 bridgehead atoms. The molecule has 1 aromatic carbocycles. The number of rotatable bonds is 8. The first-order chi connectivity index (χ1) is 12.0. The standard InChI is InChI=1S/C16H17N3O5S/c1-24-14-5-4-11(9-13(14)19(22)23)16(21)18-10-15(20)17-7-6-12-3-2-8-25-12/h2-5,8-9H,6-7,10H2,1H3,(H,17,20)(H,18,21). The Morgan fingerprint density at radius 2 is 2.08 bits per heavy atom. The Hall–Kier alpha value is -2.94. The highest BCUT2D eigenvalue weighted by Gasteiger charge is 2.18. The van der Waals surface area contributed by atoms with E-state index in [9.17, 15) is 19.7 Å². The molecule has 0 aliphatic rings.